The summed E-state index contributed by atoms with van der Waals surface area (Å²) in [4.78, 5) is 62.1. The summed E-state index contributed by atoms with van der Waals surface area (Å²) in [6.07, 6.45) is 12.0. The van der Waals surface area contributed by atoms with Gasteiger partial charge in [0.1, 0.15) is 12.1 Å². The first-order chi connectivity index (χ1) is 35.8. The van der Waals surface area contributed by atoms with E-state index < -0.39 is 34.9 Å². The quantitative estimate of drug-likeness (QED) is 0.0671. The first-order valence-electron chi connectivity index (χ1n) is 28.7. The van der Waals surface area contributed by atoms with Gasteiger partial charge in [0.05, 0.1) is 73.3 Å². The molecule has 14 nitrogen and oxygen atoms in total. The average Bonchev–Trinajstić information content (AvgIpc) is 4.13. The molecule has 11 atom stereocenters. The fourth-order valence-corrected chi connectivity index (χ4v) is 16.6. The lowest BCUT2D eigenvalue weighted by Gasteiger charge is -2.71. The van der Waals surface area contributed by atoms with Gasteiger partial charge < -0.3 is 45.3 Å². The highest BCUT2D eigenvalue weighted by molar-refractivity contribution is 7.13. The zero-order valence-corrected chi connectivity index (χ0v) is 48.7. The number of aryl methyl sites for hydroxylation is 1. The Bertz CT molecular complexity index is 2430. The van der Waals surface area contributed by atoms with Crippen LogP contribution >= 0.6 is 11.3 Å². The minimum atomic E-state index is -0.928. The average molecular weight is 1070 g/mol. The number of carbonyl (C=O) groups is 4. The standard InChI is InChI=1S/C61H93N5O9S/c1-39-50(76-38-64-39)41-14-12-40(13-15-41)36-63-52(70)45-34-42(67)37-66(45)53(71)51(55(2,3)4)65-49(69)20-28-73-30-32-75-33-31-74-29-27-62-54(72)61-25-23-56(5,6)35-44(61)43-16-17-47-58(9)21-19-48(68)57(7,8)46(58)18-22-60(47,11)59(43,10)24-26-61/h12-16,38,42,44-48,51,67-68H,17-37H2,1-11H3,(H,62,72)(H,63,70)(H,65,69)/t42-,44+,45+,46+,47-,48+,51-,58+,59-,60-,61+/m1/s1. The molecular weight excluding hydrogens is 979 g/mol. The minimum absolute atomic E-state index is 0.000877. The molecule has 4 saturated carbocycles. The van der Waals surface area contributed by atoms with E-state index in [9.17, 15) is 29.4 Å². The summed E-state index contributed by atoms with van der Waals surface area (Å²) in [5, 5.41) is 30.9. The number of nitrogens with one attached hydrogen (secondary N) is 3. The third kappa shape index (κ3) is 11.5. The Balaban J connectivity index is 0.733. The summed E-state index contributed by atoms with van der Waals surface area (Å²) in [5.41, 5.74) is 5.70. The molecule has 2 heterocycles. The van der Waals surface area contributed by atoms with Crippen LogP contribution in [0.2, 0.25) is 0 Å². The number of rotatable bonds is 19. The Hall–Kier alpha value is -3.73. The molecule has 0 spiro atoms. The van der Waals surface area contributed by atoms with Crippen molar-refractivity contribution < 1.29 is 43.6 Å². The van der Waals surface area contributed by atoms with E-state index in [1.165, 1.54) is 11.3 Å². The van der Waals surface area contributed by atoms with Gasteiger partial charge in [0.15, 0.2) is 0 Å². The van der Waals surface area contributed by atoms with Gasteiger partial charge in [0, 0.05) is 32.5 Å². The lowest BCUT2D eigenvalue weighted by molar-refractivity contribution is -0.203. The van der Waals surface area contributed by atoms with Crippen molar-refractivity contribution in [3.63, 3.8) is 0 Å². The number of benzene rings is 1. The summed E-state index contributed by atoms with van der Waals surface area (Å²) in [6.45, 7) is 27.3. The van der Waals surface area contributed by atoms with Crippen molar-refractivity contribution in [2.75, 3.05) is 52.7 Å². The van der Waals surface area contributed by atoms with Gasteiger partial charge in [-0.25, -0.2) is 4.98 Å². The molecule has 5 aliphatic carbocycles. The Morgan fingerprint density at radius 2 is 1.50 bits per heavy atom. The number of nitrogens with zero attached hydrogens (tertiary/aromatic N) is 2. The van der Waals surface area contributed by atoms with E-state index in [0.717, 1.165) is 79.5 Å². The van der Waals surface area contributed by atoms with Gasteiger partial charge in [-0.05, 0) is 133 Å². The van der Waals surface area contributed by atoms with Crippen LogP contribution in [-0.4, -0.2) is 121 Å². The molecule has 5 N–H and O–H groups in total. The van der Waals surface area contributed by atoms with E-state index in [2.05, 4.69) is 75.5 Å². The normalized spacial score (nSPS) is 32.9. The van der Waals surface area contributed by atoms with Crippen LogP contribution in [0.3, 0.4) is 0 Å². The van der Waals surface area contributed by atoms with Crippen LogP contribution in [0.4, 0.5) is 0 Å². The highest BCUT2D eigenvalue weighted by Gasteiger charge is 2.69. The van der Waals surface area contributed by atoms with E-state index in [1.54, 1.807) is 16.9 Å². The lowest BCUT2D eigenvalue weighted by atomic mass is 9.33. The van der Waals surface area contributed by atoms with Crippen molar-refractivity contribution in [2.24, 2.45) is 55.7 Å². The van der Waals surface area contributed by atoms with Crippen molar-refractivity contribution in [2.45, 2.75) is 184 Å². The molecule has 6 aliphatic rings. The second kappa shape index (κ2) is 22.8. The van der Waals surface area contributed by atoms with Gasteiger partial charge in [-0.1, -0.05) is 105 Å². The molecule has 8 rings (SSSR count). The predicted molar refractivity (Wildman–Crippen MR) is 297 cm³/mol. The smallest absolute Gasteiger partial charge is 0.246 e. The van der Waals surface area contributed by atoms with Crippen molar-refractivity contribution in [1.82, 2.24) is 25.8 Å². The number of hydrogen-bond donors (Lipinski definition) is 5. The van der Waals surface area contributed by atoms with Crippen LogP contribution < -0.4 is 16.0 Å². The van der Waals surface area contributed by atoms with E-state index in [4.69, 9.17) is 14.2 Å². The Kier molecular flexibility index (Phi) is 17.5. The third-order valence-corrected chi connectivity index (χ3v) is 21.5. The molecule has 4 amide bonds. The van der Waals surface area contributed by atoms with E-state index >= 15 is 0 Å². The molecule has 5 fully saturated rings. The van der Waals surface area contributed by atoms with Crippen molar-refractivity contribution in [3.05, 3.63) is 52.7 Å². The van der Waals surface area contributed by atoms with Gasteiger partial charge in [-0.2, -0.15) is 0 Å². The molecule has 0 bridgehead atoms. The summed E-state index contributed by atoms with van der Waals surface area (Å²) in [6, 6.07) is 6.11. The number of likely N-dealkylation sites (tertiary alicyclic amines) is 1. The molecule has 0 unspecified atom stereocenters. The third-order valence-electron chi connectivity index (χ3n) is 20.5. The SMILES string of the molecule is Cc1ncsc1-c1ccc(CNC(=O)[C@@H]2C[C@@H](O)CN2C(=O)[C@@H](NC(=O)CCOCCOCCOCCNC(=O)[C@]23CCC(C)(C)C[C@H]2C2=CC[C@@H]4[C@@]5(C)CC[C@H](O)C(C)(C)[C@@H]5CC[C@@]4(C)[C@]2(C)CC3)C(C)(C)C)cc1. The van der Waals surface area contributed by atoms with Gasteiger partial charge in [-0.3, -0.25) is 19.2 Å². The summed E-state index contributed by atoms with van der Waals surface area (Å²) >= 11 is 1.58. The summed E-state index contributed by atoms with van der Waals surface area (Å²) in [5.74, 6) is 0.362. The van der Waals surface area contributed by atoms with Gasteiger partial charge in [-0.15, -0.1) is 11.3 Å². The number of allylic oxidation sites excluding steroid dienone is 2. The largest absolute Gasteiger partial charge is 0.393 e. The molecule has 1 aliphatic heterocycles. The number of hydrogen-bond acceptors (Lipinski definition) is 11. The zero-order valence-electron chi connectivity index (χ0n) is 47.9. The lowest BCUT2D eigenvalue weighted by Crippen LogP contribution is -2.65. The second-order valence-corrected chi connectivity index (χ2v) is 27.9. The van der Waals surface area contributed by atoms with Gasteiger partial charge in [0.25, 0.3) is 0 Å². The fraction of sp³-hybridized carbons (Fsp3) is 0.754. The molecule has 76 heavy (non-hydrogen) atoms. The molecule has 422 valence electrons. The molecule has 2 aromatic rings. The maximum absolute atomic E-state index is 14.5. The van der Waals surface area contributed by atoms with E-state index in [-0.39, 0.29) is 96.0 Å². The fourth-order valence-electron chi connectivity index (χ4n) is 15.8. The van der Waals surface area contributed by atoms with Gasteiger partial charge >= 0.3 is 0 Å². The number of fused-ring (bicyclic) bond motifs is 7. The van der Waals surface area contributed by atoms with E-state index in [0.29, 0.717) is 44.8 Å². The molecule has 1 aromatic carbocycles. The van der Waals surface area contributed by atoms with Crippen molar-refractivity contribution >= 4 is 35.0 Å². The maximum Gasteiger partial charge on any atom is 0.246 e. The number of β-amino-alcohol motifs (C(OH)–C–C–N with tert-alkyl or cyclic N) is 1. The monoisotopic (exact) mass is 1070 g/mol. The first-order valence-corrected chi connectivity index (χ1v) is 29.6. The van der Waals surface area contributed by atoms with Crippen molar-refractivity contribution in [3.8, 4) is 10.4 Å². The van der Waals surface area contributed by atoms with Crippen LogP contribution in [0, 0.1) is 62.6 Å². The van der Waals surface area contributed by atoms with Crippen LogP contribution in [-0.2, 0) is 39.9 Å². The molecule has 15 heteroatoms. The van der Waals surface area contributed by atoms with Crippen LogP contribution in [0.5, 0.6) is 0 Å². The topological polar surface area (TPSA) is 189 Å². The summed E-state index contributed by atoms with van der Waals surface area (Å²) in [7, 11) is 0. The van der Waals surface area contributed by atoms with Crippen LogP contribution in [0.1, 0.15) is 158 Å². The van der Waals surface area contributed by atoms with Crippen LogP contribution in [0.15, 0.2) is 41.4 Å². The van der Waals surface area contributed by atoms with Crippen molar-refractivity contribution in [1.29, 1.82) is 0 Å². The highest BCUT2D eigenvalue weighted by Crippen LogP contribution is 2.75. The Morgan fingerprint density at radius 1 is 0.829 bits per heavy atom. The maximum atomic E-state index is 14.5. The number of thiazole rings is 1. The zero-order chi connectivity index (χ0) is 55.1. The predicted octanol–water partition coefficient (Wildman–Crippen LogP) is 8.95. The second-order valence-electron chi connectivity index (χ2n) is 27.0. The molecule has 0 radical (unpaired) electrons. The van der Waals surface area contributed by atoms with Gasteiger partial charge in [0.2, 0.25) is 23.6 Å². The van der Waals surface area contributed by atoms with E-state index in [1.807, 2.05) is 57.5 Å². The van der Waals surface area contributed by atoms with Crippen LogP contribution in [0.25, 0.3) is 10.4 Å². The number of carbonyl (C=O) groups excluding carboxylic acids is 4. The number of aromatic nitrogens is 1. The number of amides is 4. The first kappa shape index (κ1) is 58.4. The molecule has 1 saturated heterocycles. The number of aliphatic hydroxyl groups is 2. The Morgan fingerprint density at radius 3 is 2.17 bits per heavy atom. The minimum Gasteiger partial charge on any atom is -0.393 e. The molecule has 1 aromatic heterocycles. The highest BCUT2D eigenvalue weighted by atomic mass is 32.1. The summed E-state index contributed by atoms with van der Waals surface area (Å²) < 4.78 is 17.4. The Labute approximate surface area is 458 Å². The number of ether oxygens (including phenoxy) is 3. The number of aliphatic hydroxyl groups excluding tert-OH is 2. The molecular formula is C61H93N5O9S.